The molecule has 2 atom stereocenters. The highest BCUT2D eigenvalue weighted by molar-refractivity contribution is 8.18. The van der Waals surface area contributed by atoms with Gasteiger partial charge in [-0.2, -0.15) is 8.75 Å². The summed E-state index contributed by atoms with van der Waals surface area (Å²) in [5, 5.41) is 21.9. The molecule has 0 radical (unpaired) electrons. The van der Waals surface area contributed by atoms with E-state index >= 15 is 0 Å². The van der Waals surface area contributed by atoms with Crippen LogP contribution in [0.3, 0.4) is 0 Å². The zero-order valence-electron chi connectivity index (χ0n) is 15.9. The molecule has 0 amide bonds. The second kappa shape index (κ2) is 7.82. The second-order valence-electron chi connectivity index (χ2n) is 7.58. The number of primary sulfonamides is 1. The Morgan fingerprint density at radius 2 is 1.96 bits per heavy atom. The molecule has 0 saturated heterocycles. The number of anilines is 2. The molecular weight excluding hydrogens is 438 g/mol. The van der Waals surface area contributed by atoms with Gasteiger partial charge in [-0.25, -0.2) is 13.6 Å². The van der Waals surface area contributed by atoms with Crippen molar-refractivity contribution in [3.05, 3.63) is 31.9 Å². The lowest BCUT2D eigenvalue weighted by Gasteiger charge is -2.31. The van der Waals surface area contributed by atoms with Crippen LogP contribution in [0.4, 0.5) is 11.6 Å². The van der Waals surface area contributed by atoms with Crippen LogP contribution >= 0.6 is 34.8 Å². The fraction of sp³-hybridized carbons (Fsp3) is 0.500. The summed E-state index contributed by atoms with van der Waals surface area (Å²) in [7, 11) is -3.94. The van der Waals surface area contributed by atoms with Crippen LogP contribution in [0, 0.1) is 12.3 Å². The predicted molar refractivity (Wildman–Crippen MR) is 117 cm³/mol. The third-order valence-electron chi connectivity index (χ3n) is 4.17. The number of thioether (sulfide) groups is 1. The van der Waals surface area contributed by atoms with Gasteiger partial charge in [0.15, 0.2) is 15.9 Å². The number of thiophene rings is 1. The number of rotatable bonds is 6. The van der Waals surface area contributed by atoms with Gasteiger partial charge in [-0.15, -0.1) is 23.1 Å². The van der Waals surface area contributed by atoms with E-state index in [9.17, 15) is 13.5 Å². The van der Waals surface area contributed by atoms with E-state index in [1.54, 1.807) is 11.3 Å². The number of aliphatic hydroxyl groups is 1. The molecule has 1 aliphatic rings. The van der Waals surface area contributed by atoms with Gasteiger partial charge in [0.1, 0.15) is 5.76 Å². The van der Waals surface area contributed by atoms with Crippen molar-refractivity contribution in [3.8, 4) is 0 Å². The molecule has 154 valence electrons. The van der Waals surface area contributed by atoms with Crippen LogP contribution in [0.5, 0.6) is 0 Å². The maximum Gasteiger partial charge on any atom is 0.247 e. The third kappa shape index (κ3) is 4.62. The first-order chi connectivity index (χ1) is 13.0. The molecule has 0 aliphatic carbocycles. The number of aryl methyl sites for hydroxylation is 1. The van der Waals surface area contributed by atoms with Crippen LogP contribution in [0.25, 0.3) is 0 Å². The van der Waals surface area contributed by atoms with Crippen LogP contribution in [0.2, 0.25) is 0 Å². The molecule has 0 bridgehead atoms. The Morgan fingerprint density at radius 1 is 1.29 bits per heavy atom. The minimum absolute atomic E-state index is 0.0118. The lowest BCUT2D eigenvalue weighted by atomic mass is 9.86. The van der Waals surface area contributed by atoms with Crippen molar-refractivity contribution < 1.29 is 13.5 Å². The number of aromatic nitrogens is 2. The van der Waals surface area contributed by atoms with Gasteiger partial charge in [0, 0.05) is 15.5 Å². The molecule has 8 nitrogen and oxygen atoms in total. The summed E-state index contributed by atoms with van der Waals surface area (Å²) in [5.74, 6) is 1.09. The molecule has 0 saturated carbocycles. The fourth-order valence-electron chi connectivity index (χ4n) is 2.79. The molecule has 0 spiro atoms. The molecule has 1 aliphatic heterocycles. The van der Waals surface area contributed by atoms with Crippen LogP contribution in [0.1, 0.15) is 36.6 Å². The molecule has 1 unspecified atom stereocenters. The minimum Gasteiger partial charge on any atom is -0.508 e. The van der Waals surface area contributed by atoms with Crippen molar-refractivity contribution >= 4 is 56.5 Å². The lowest BCUT2D eigenvalue weighted by molar-refractivity contribution is 0.351. The summed E-state index contributed by atoms with van der Waals surface area (Å²) in [5.41, 5.74) is -0.0791. The number of nitrogens with zero attached hydrogens (tertiary/aromatic N) is 2. The van der Waals surface area contributed by atoms with Gasteiger partial charge in [-0.3, -0.25) is 0 Å². The van der Waals surface area contributed by atoms with E-state index in [0.717, 1.165) is 23.5 Å². The average molecular weight is 462 g/mol. The summed E-state index contributed by atoms with van der Waals surface area (Å²) in [4.78, 5) is 2.42. The summed E-state index contributed by atoms with van der Waals surface area (Å²) in [6, 6.07) is 3.61. The molecule has 2 aromatic heterocycles. The largest absolute Gasteiger partial charge is 0.508 e. The van der Waals surface area contributed by atoms with E-state index in [4.69, 9.17) is 5.14 Å². The highest BCUT2D eigenvalue weighted by atomic mass is 32.3. The first-order valence-corrected chi connectivity index (χ1v) is 12.6. The van der Waals surface area contributed by atoms with Crippen molar-refractivity contribution in [2.24, 2.45) is 10.6 Å². The summed E-state index contributed by atoms with van der Waals surface area (Å²) < 4.78 is 31.5. The Labute approximate surface area is 177 Å². The normalized spacial score (nSPS) is 19.1. The number of hydrogen-bond donors (Lipinski definition) is 4. The standard InChI is InChI=1S/C16H23N5O3S4/c1-8-5-6-10(26-8)12(16(2,3)4)19-14-13(20-27-21-14)18-9-7-25-15(11(9)22)28(17,23)24/h5-6,9,12,22H,7H2,1-4H3,(H,18,20)(H,19,21)(H2,17,23,24)/t9?,12-/m0/s1. The van der Waals surface area contributed by atoms with E-state index in [-0.39, 0.29) is 21.5 Å². The predicted octanol–water partition coefficient (Wildman–Crippen LogP) is 3.65. The molecule has 5 N–H and O–H groups in total. The summed E-state index contributed by atoms with van der Waals surface area (Å²) in [6.07, 6.45) is 0. The van der Waals surface area contributed by atoms with Crippen molar-refractivity contribution in [2.75, 3.05) is 16.4 Å². The van der Waals surface area contributed by atoms with Crippen molar-refractivity contribution in [3.63, 3.8) is 0 Å². The maximum absolute atomic E-state index is 11.5. The molecule has 3 heterocycles. The average Bonchev–Trinajstić information content (AvgIpc) is 3.25. The van der Waals surface area contributed by atoms with Crippen LogP contribution in [-0.4, -0.2) is 34.1 Å². The molecule has 12 heteroatoms. The van der Waals surface area contributed by atoms with Crippen LogP contribution in [-0.2, 0) is 10.0 Å². The van der Waals surface area contributed by atoms with E-state index in [2.05, 4.69) is 59.2 Å². The quantitative estimate of drug-likeness (QED) is 0.513. The number of aliphatic hydroxyl groups excluding tert-OH is 1. The van der Waals surface area contributed by atoms with Crippen molar-refractivity contribution in [2.45, 2.75) is 39.8 Å². The first kappa shape index (κ1) is 21.4. The van der Waals surface area contributed by atoms with Crippen LogP contribution < -0.4 is 15.8 Å². The molecular formula is C16H23N5O3S4. The number of nitrogens with two attached hydrogens (primary N) is 1. The van der Waals surface area contributed by atoms with Gasteiger partial charge in [-0.1, -0.05) is 20.8 Å². The van der Waals surface area contributed by atoms with Gasteiger partial charge in [0.05, 0.1) is 23.8 Å². The molecule has 3 rings (SSSR count). The Kier molecular flexibility index (Phi) is 5.97. The zero-order valence-corrected chi connectivity index (χ0v) is 19.2. The van der Waals surface area contributed by atoms with Crippen molar-refractivity contribution in [1.29, 1.82) is 0 Å². The summed E-state index contributed by atoms with van der Waals surface area (Å²) >= 11 is 3.77. The summed E-state index contributed by atoms with van der Waals surface area (Å²) in [6.45, 7) is 8.51. The van der Waals surface area contributed by atoms with Gasteiger partial charge in [-0.05, 0) is 24.5 Å². The Balaban J connectivity index is 1.83. The van der Waals surface area contributed by atoms with Gasteiger partial charge < -0.3 is 15.7 Å². The molecule has 28 heavy (non-hydrogen) atoms. The Morgan fingerprint density at radius 3 is 2.50 bits per heavy atom. The zero-order chi connectivity index (χ0) is 20.7. The van der Waals surface area contributed by atoms with E-state index in [1.807, 2.05) is 0 Å². The monoisotopic (exact) mass is 461 g/mol. The second-order valence-corrected chi connectivity index (χ2v) is 12.2. The van der Waals surface area contributed by atoms with E-state index < -0.39 is 16.1 Å². The highest BCUT2D eigenvalue weighted by Gasteiger charge is 2.34. The molecule has 0 fully saturated rings. The highest BCUT2D eigenvalue weighted by Crippen LogP contribution is 2.40. The van der Waals surface area contributed by atoms with Gasteiger partial charge >= 0.3 is 0 Å². The minimum atomic E-state index is -3.94. The Bertz CT molecular complexity index is 990. The number of nitrogens with one attached hydrogen (secondary N) is 2. The third-order valence-corrected chi connectivity index (χ3v) is 8.51. The maximum atomic E-state index is 11.5. The molecule has 2 aromatic rings. The smallest absolute Gasteiger partial charge is 0.247 e. The fourth-order valence-corrected chi connectivity index (χ4v) is 6.60. The first-order valence-electron chi connectivity index (χ1n) is 8.47. The van der Waals surface area contributed by atoms with Crippen LogP contribution in [0.15, 0.2) is 22.1 Å². The van der Waals surface area contributed by atoms with Crippen molar-refractivity contribution in [1.82, 2.24) is 8.75 Å². The van der Waals surface area contributed by atoms with Gasteiger partial charge in [0.2, 0.25) is 10.0 Å². The molecule has 0 aromatic carbocycles. The number of hydrogen-bond acceptors (Lipinski definition) is 10. The SMILES string of the molecule is Cc1ccc([C@H](Nc2nsnc2NC2CSC(S(N)(=O)=O)=C2O)C(C)(C)C)s1. The number of sulfonamides is 1. The Hall–Kier alpha value is -1.34. The van der Waals surface area contributed by atoms with Gasteiger partial charge in [0.25, 0.3) is 0 Å². The lowest BCUT2D eigenvalue weighted by Crippen LogP contribution is -2.27. The van der Waals surface area contributed by atoms with E-state index in [1.165, 1.54) is 9.75 Å². The van der Waals surface area contributed by atoms with E-state index in [0.29, 0.717) is 17.4 Å². The topological polar surface area (TPSA) is 130 Å².